The lowest BCUT2D eigenvalue weighted by Gasteiger charge is -2.21. The maximum Gasteiger partial charge on any atom is 0.307 e. The Labute approximate surface area is 141 Å². The first-order valence-electron chi connectivity index (χ1n) is 7.20. The van der Waals surface area contributed by atoms with Crippen LogP contribution in [0.2, 0.25) is 5.02 Å². The second kappa shape index (κ2) is 9.88. The predicted molar refractivity (Wildman–Crippen MR) is 89.9 cm³/mol. The van der Waals surface area contributed by atoms with Gasteiger partial charge in [0.1, 0.15) is 0 Å². The van der Waals surface area contributed by atoms with E-state index in [1.165, 1.54) is 7.11 Å². The van der Waals surface area contributed by atoms with Gasteiger partial charge in [-0.2, -0.15) is 0 Å². The van der Waals surface area contributed by atoms with Gasteiger partial charge in [0.15, 0.2) is 0 Å². The first-order valence-corrected chi connectivity index (χ1v) is 7.58. The number of nitrogens with zero attached hydrogens (tertiary/aromatic N) is 1. The smallest absolute Gasteiger partial charge is 0.307 e. The van der Waals surface area contributed by atoms with Gasteiger partial charge in [0, 0.05) is 18.0 Å². The molecule has 0 heterocycles. The van der Waals surface area contributed by atoms with Crippen LogP contribution < -0.4 is 5.32 Å². The minimum Gasteiger partial charge on any atom is -0.469 e. The highest BCUT2D eigenvalue weighted by Crippen LogP contribution is 2.25. The van der Waals surface area contributed by atoms with Gasteiger partial charge in [-0.3, -0.25) is 14.5 Å². The maximum absolute atomic E-state index is 12.2. The van der Waals surface area contributed by atoms with Crippen molar-refractivity contribution in [2.45, 2.75) is 18.9 Å². The second-order valence-corrected chi connectivity index (χ2v) is 5.52. The number of ether oxygens (including phenoxy) is 1. The fraction of sp³-hybridized carbons (Fsp3) is 0.412. The third-order valence-electron chi connectivity index (χ3n) is 3.27. The summed E-state index contributed by atoms with van der Waals surface area (Å²) in [6, 6.07) is 6.54. The zero-order valence-electron chi connectivity index (χ0n) is 13.3. The standard InChI is InChI=1S/C17H21ClN2O3/c1-4-5-10-20(2)12-16(21)19-15(11-17(22)23-3)13-8-6-7-9-14(13)18/h1,6-9,15H,5,10-12H2,2-3H3,(H,19,21)/t15-/m0/s1. The van der Waals surface area contributed by atoms with Crippen LogP contribution in [0.3, 0.4) is 0 Å². The number of carbonyl (C=O) groups excluding carboxylic acids is 2. The van der Waals surface area contributed by atoms with Crippen molar-refractivity contribution in [1.82, 2.24) is 10.2 Å². The first-order chi connectivity index (χ1) is 11.0. The molecule has 0 spiro atoms. The van der Waals surface area contributed by atoms with E-state index in [0.717, 1.165) is 0 Å². The Kier molecular flexibility index (Phi) is 8.17. The van der Waals surface area contributed by atoms with E-state index in [1.807, 2.05) is 11.9 Å². The Bertz CT molecular complexity index is 583. The number of methoxy groups -OCH3 is 1. The minimum atomic E-state index is -0.537. The molecule has 0 aliphatic carbocycles. The summed E-state index contributed by atoms with van der Waals surface area (Å²) in [6.07, 6.45) is 5.79. The number of carbonyl (C=O) groups is 2. The van der Waals surface area contributed by atoms with Crippen molar-refractivity contribution in [1.29, 1.82) is 0 Å². The molecular weight excluding hydrogens is 316 g/mol. The highest BCUT2D eigenvalue weighted by molar-refractivity contribution is 6.31. The normalized spacial score (nSPS) is 11.6. The molecule has 5 nitrogen and oxygen atoms in total. The number of benzene rings is 1. The summed E-state index contributed by atoms with van der Waals surface area (Å²) in [5.41, 5.74) is 0.680. The maximum atomic E-state index is 12.2. The lowest BCUT2D eigenvalue weighted by atomic mass is 10.0. The molecule has 1 aromatic carbocycles. The van der Waals surface area contributed by atoms with Crippen LogP contribution in [0.1, 0.15) is 24.4 Å². The van der Waals surface area contributed by atoms with Gasteiger partial charge in [0.05, 0.1) is 26.1 Å². The second-order valence-electron chi connectivity index (χ2n) is 5.11. The fourth-order valence-electron chi connectivity index (χ4n) is 2.07. The van der Waals surface area contributed by atoms with Crippen LogP contribution in [0.4, 0.5) is 0 Å². The lowest BCUT2D eigenvalue weighted by Crippen LogP contribution is -2.38. The third-order valence-corrected chi connectivity index (χ3v) is 3.61. The Morgan fingerprint density at radius 3 is 2.74 bits per heavy atom. The number of amides is 1. The molecule has 1 aromatic rings. The summed E-state index contributed by atoms with van der Waals surface area (Å²) < 4.78 is 4.69. The van der Waals surface area contributed by atoms with Gasteiger partial charge in [-0.05, 0) is 18.7 Å². The molecule has 0 bridgehead atoms. The summed E-state index contributed by atoms with van der Waals surface area (Å²) in [4.78, 5) is 25.6. The zero-order chi connectivity index (χ0) is 17.2. The van der Waals surface area contributed by atoms with Gasteiger partial charge in [0.25, 0.3) is 0 Å². The molecule has 0 fully saturated rings. The van der Waals surface area contributed by atoms with Gasteiger partial charge < -0.3 is 10.1 Å². The summed E-state index contributed by atoms with van der Waals surface area (Å²) in [7, 11) is 3.11. The third kappa shape index (κ3) is 6.72. The van der Waals surface area contributed by atoms with Crippen LogP contribution in [-0.2, 0) is 14.3 Å². The number of nitrogens with one attached hydrogen (secondary N) is 1. The number of hydrogen-bond acceptors (Lipinski definition) is 4. The monoisotopic (exact) mass is 336 g/mol. The summed E-state index contributed by atoms with van der Waals surface area (Å²) in [6.45, 7) is 0.807. The Hall–Kier alpha value is -2.03. The summed E-state index contributed by atoms with van der Waals surface area (Å²) in [5.74, 6) is 1.90. The molecule has 0 saturated carbocycles. The zero-order valence-corrected chi connectivity index (χ0v) is 14.1. The van der Waals surface area contributed by atoms with Gasteiger partial charge in [-0.15, -0.1) is 12.3 Å². The Morgan fingerprint density at radius 1 is 1.43 bits per heavy atom. The summed E-state index contributed by atoms with van der Waals surface area (Å²) in [5, 5.41) is 3.32. The minimum absolute atomic E-state index is 0.0139. The quantitative estimate of drug-likeness (QED) is 0.583. The average Bonchev–Trinajstić information content (AvgIpc) is 2.52. The largest absolute Gasteiger partial charge is 0.469 e. The Morgan fingerprint density at radius 2 is 2.13 bits per heavy atom. The Balaban J connectivity index is 2.77. The van der Waals surface area contributed by atoms with E-state index in [4.69, 9.17) is 22.8 Å². The van der Waals surface area contributed by atoms with Gasteiger partial charge >= 0.3 is 5.97 Å². The molecule has 1 atom stereocenters. The molecule has 1 rings (SSSR count). The number of halogens is 1. The molecule has 0 saturated heterocycles. The van der Waals surface area contributed by atoms with Gasteiger partial charge in [0.2, 0.25) is 5.91 Å². The van der Waals surface area contributed by atoms with E-state index >= 15 is 0 Å². The van der Waals surface area contributed by atoms with Gasteiger partial charge in [-0.25, -0.2) is 0 Å². The molecule has 0 unspecified atom stereocenters. The van der Waals surface area contributed by atoms with Crippen molar-refractivity contribution in [2.24, 2.45) is 0 Å². The van der Waals surface area contributed by atoms with Crippen LogP contribution in [-0.4, -0.2) is 44.0 Å². The number of rotatable bonds is 8. The highest BCUT2D eigenvalue weighted by Gasteiger charge is 2.21. The molecule has 6 heteroatoms. The summed E-state index contributed by atoms with van der Waals surface area (Å²) >= 11 is 6.17. The van der Waals surface area contributed by atoms with Crippen LogP contribution in [0, 0.1) is 12.3 Å². The molecule has 124 valence electrons. The van der Waals surface area contributed by atoms with Crippen LogP contribution >= 0.6 is 11.6 Å². The van der Waals surface area contributed by atoms with E-state index < -0.39 is 12.0 Å². The lowest BCUT2D eigenvalue weighted by molar-refractivity contribution is -0.141. The van der Waals surface area contributed by atoms with Gasteiger partial charge in [-0.1, -0.05) is 29.8 Å². The van der Waals surface area contributed by atoms with Crippen LogP contribution in [0.5, 0.6) is 0 Å². The van der Waals surface area contributed by atoms with Crippen molar-refractivity contribution < 1.29 is 14.3 Å². The first kappa shape index (κ1) is 19.0. The molecule has 23 heavy (non-hydrogen) atoms. The molecule has 0 aliphatic rings. The topological polar surface area (TPSA) is 58.6 Å². The van der Waals surface area contributed by atoms with Crippen LogP contribution in [0.25, 0.3) is 0 Å². The molecule has 0 aromatic heterocycles. The van der Waals surface area contributed by atoms with E-state index in [1.54, 1.807) is 24.3 Å². The van der Waals surface area contributed by atoms with E-state index in [2.05, 4.69) is 11.2 Å². The van der Waals surface area contributed by atoms with Crippen molar-refractivity contribution >= 4 is 23.5 Å². The SMILES string of the molecule is C#CCCN(C)CC(=O)N[C@@H](CC(=O)OC)c1ccccc1Cl. The van der Waals surface area contributed by atoms with Crippen molar-refractivity contribution in [3.05, 3.63) is 34.9 Å². The molecule has 0 aliphatic heterocycles. The van der Waals surface area contributed by atoms with E-state index in [-0.39, 0.29) is 18.9 Å². The van der Waals surface area contributed by atoms with Crippen molar-refractivity contribution in [2.75, 3.05) is 27.2 Å². The van der Waals surface area contributed by atoms with E-state index in [0.29, 0.717) is 23.6 Å². The molecular formula is C17H21ClN2O3. The number of likely N-dealkylation sites (N-methyl/N-ethyl adjacent to an activating group) is 1. The number of hydrogen-bond donors (Lipinski definition) is 1. The van der Waals surface area contributed by atoms with Crippen molar-refractivity contribution in [3.8, 4) is 12.3 Å². The number of esters is 1. The van der Waals surface area contributed by atoms with Crippen LogP contribution in [0.15, 0.2) is 24.3 Å². The molecule has 0 radical (unpaired) electrons. The predicted octanol–water partition coefficient (Wildman–Crippen LogP) is 2.02. The molecule has 1 N–H and O–H groups in total. The van der Waals surface area contributed by atoms with Crippen molar-refractivity contribution in [3.63, 3.8) is 0 Å². The number of terminal acetylenes is 1. The fourth-order valence-corrected chi connectivity index (χ4v) is 2.33. The highest BCUT2D eigenvalue weighted by atomic mass is 35.5. The van der Waals surface area contributed by atoms with E-state index in [9.17, 15) is 9.59 Å². The molecule has 1 amide bonds. The average molecular weight is 337 g/mol.